The number of hydrogen-bond donors (Lipinski definition) is 4. The smallest absolute Gasteiger partial charge is 0.351 e. The van der Waals surface area contributed by atoms with Crippen LogP contribution in [0, 0.1) is 0 Å². The van der Waals surface area contributed by atoms with Gasteiger partial charge in [-0.25, -0.2) is 9.18 Å². The third-order valence-corrected chi connectivity index (χ3v) is 3.51. The van der Waals surface area contributed by atoms with Crippen LogP contribution in [0.25, 0.3) is 6.08 Å². The topological polar surface area (TPSA) is 131 Å². The summed E-state index contributed by atoms with van der Waals surface area (Å²) in [4.78, 5) is 15.4. The van der Waals surface area contributed by atoms with Crippen LogP contribution in [0.5, 0.6) is 0 Å². The summed E-state index contributed by atoms with van der Waals surface area (Å²) in [6.07, 6.45) is -2.15. The highest BCUT2D eigenvalue weighted by Gasteiger charge is 2.55. The van der Waals surface area contributed by atoms with E-state index in [1.54, 1.807) is 0 Å². The van der Waals surface area contributed by atoms with E-state index >= 15 is 0 Å². The number of nitrogens with zero attached hydrogens (tertiary/aromatic N) is 2. The van der Waals surface area contributed by atoms with E-state index in [1.807, 2.05) is 0 Å². The van der Waals surface area contributed by atoms with Gasteiger partial charge in [0, 0.05) is 11.8 Å². The molecule has 2 heterocycles. The van der Waals surface area contributed by atoms with Crippen molar-refractivity contribution in [2.45, 2.75) is 24.0 Å². The fourth-order valence-electron chi connectivity index (χ4n) is 2.19. The molecule has 0 unspecified atom stereocenters. The summed E-state index contributed by atoms with van der Waals surface area (Å²) in [5.41, 5.74) is 2.99. The molecule has 4 atom stereocenters. The molecule has 0 bridgehead atoms. The zero-order valence-corrected chi connectivity index (χ0v) is 11.0. The second-order valence-corrected chi connectivity index (χ2v) is 4.78. The number of ether oxygens (including phenoxy) is 1. The Morgan fingerprint density at radius 3 is 2.76 bits per heavy atom. The zero-order valence-electron chi connectivity index (χ0n) is 11.0. The highest BCUT2D eigenvalue weighted by Crippen LogP contribution is 2.37. The van der Waals surface area contributed by atoms with Gasteiger partial charge in [-0.15, -0.1) is 0 Å². The van der Waals surface area contributed by atoms with Crippen LogP contribution in [0.3, 0.4) is 0 Å². The van der Waals surface area contributed by atoms with Crippen molar-refractivity contribution < 1.29 is 24.4 Å². The number of nitrogens with two attached hydrogens (primary N) is 1. The summed E-state index contributed by atoms with van der Waals surface area (Å²) in [6, 6.07) is 0. The predicted octanol–water partition coefficient (Wildman–Crippen LogP) is -1.58. The Kier molecular flexibility index (Phi) is 4.10. The van der Waals surface area contributed by atoms with Crippen molar-refractivity contribution in [1.29, 1.82) is 0 Å². The number of nitrogen functional groups attached to an aromatic ring is 1. The molecule has 1 aromatic rings. The standard InChI is InChI=1S/C12H16FN3O5/c1-2-6-3-16(11(20)15-9(6)14)10-7(18)8(19)12(4-13,5-17)21-10/h2-3,7-8,10,17-19H,1,4-5H2,(H2,14,15,20)/t7-,8-,10+,12+/m0/s1. The van der Waals surface area contributed by atoms with Crippen molar-refractivity contribution in [2.24, 2.45) is 0 Å². The molecule has 21 heavy (non-hydrogen) atoms. The van der Waals surface area contributed by atoms with Gasteiger partial charge in [0.05, 0.1) is 6.61 Å². The Balaban J connectivity index is 2.48. The van der Waals surface area contributed by atoms with Gasteiger partial charge in [0.1, 0.15) is 24.7 Å². The molecule has 0 spiro atoms. The molecule has 116 valence electrons. The van der Waals surface area contributed by atoms with Gasteiger partial charge >= 0.3 is 5.69 Å². The van der Waals surface area contributed by atoms with Crippen molar-refractivity contribution in [3.63, 3.8) is 0 Å². The summed E-state index contributed by atoms with van der Waals surface area (Å²) < 4.78 is 19.2. The number of aromatic nitrogens is 2. The van der Waals surface area contributed by atoms with Gasteiger partial charge in [0.2, 0.25) is 0 Å². The maximum absolute atomic E-state index is 13.1. The van der Waals surface area contributed by atoms with E-state index in [0.717, 1.165) is 4.57 Å². The molecule has 8 nitrogen and oxygen atoms in total. The first-order valence-electron chi connectivity index (χ1n) is 6.12. The average molecular weight is 301 g/mol. The predicted molar refractivity (Wildman–Crippen MR) is 70.9 cm³/mol. The lowest BCUT2D eigenvalue weighted by molar-refractivity contribution is -0.138. The van der Waals surface area contributed by atoms with Gasteiger partial charge in [0.25, 0.3) is 0 Å². The van der Waals surface area contributed by atoms with E-state index in [4.69, 9.17) is 10.5 Å². The summed E-state index contributed by atoms with van der Waals surface area (Å²) >= 11 is 0. The third kappa shape index (κ3) is 2.33. The van der Waals surface area contributed by atoms with Crippen molar-refractivity contribution >= 4 is 11.9 Å². The summed E-state index contributed by atoms with van der Waals surface area (Å²) in [5, 5.41) is 29.0. The molecular weight excluding hydrogens is 285 g/mol. The largest absolute Gasteiger partial charge is 0.393 e. The number of alkyl halides is 1. The molecule has 1 aromatic heterocycles. The molecule has 0 amide bonds. The molecule has 1 aliphatic rings. The molecule has 0 aliphatic carbocycles. The SMILES string of the molecule is C=Cc1cn([C@@H]2O[C@@](CO)(CF)[C@@H](O)[C@@H]2O)c(=O)nc1N. The van der Waals surface area contributed by atoms with E-state index in [1.165, 1.54) is 12.3 Å². The minimum Gasteiger partial charge on any atom is -0.393 e. The number of rotatable bonds is 4. The Hall–Kier alpha value is -1.81. The van der Waals surface area contributed by atoms with Crippen LogP contribution >= 0.6 is 0 Å². The monoisotopic (exact) mass is 301 g/mol. The Morgan fingerprint density at radius 2 is 2.29 bits per heavy atom. The van der Waals surface area contributed by atoms with Crippen LogP contribution in [-0.2, 0) is 4.74 Å². The fourth-order valence-corrected chi connectivity index (χ4v) is 2.19. The van der Waals surface area contributed by atoms with Crippen LogP contribution in [0.2, 0.25) is 0 Å². The van der Waals surface area contributed by atoms with E-state index < -0.39 is 43.0 Å². The highest BCUT2D eigenvalue weighted by molar-refractivity contribution is 5.57. The van der Waals surface area contributed by atoms with Crippen molar-refractivity contribution in [3.8, 4) is 0 Å². The summed E-state index contributed by atoms with van der Waals surface area (Å²) in [5.74, 6) is -0.0572. The normalized spacial score (nSPS) is 32.3. The summed E-state index contributed by atoms with van der Waals surface area (Å²) in [7, 11) is 0. The molecule has 1 saturated heterocycles. The molecule has 0 saturated carbocycles. The number of anilines is 1. The molecule has 0 aromatic carbocycles. The lowest BCUT2D eigenvalue weighted by Gasteiger charge is -2.26. The Labute approximate surface area is 118 Å². The molecule has 5 N–H and O–H groups in total. The van der Waals surface area contributed by atoms with Crippen LogP contribution in [0.15, 0.2) is 17.6 Å². The summed E-state index contributed by atoms with van der Waals surface area (Å²) in [6.45, 7) is 1.41. The first-order valence-corrected chi connectivity index (χ1v) is 6.12. The molecular formula is C12H16FN3O5. The lowest BCUT2D eigenvalue weighted by atomic mass is 9.98. The minimum atomic E-state index is -1.99. The average Bonchev–Trinajstić information content (AvgIpc) is 2.73. The first-order chi connectivity index (χ1) is 9.90. The molecule has 0 radical (unpaired) electrons. The maximum atomic E-state index is 13.1. The van der Waals surface area contributed by atoms with Gasteiger partial charge in [-0.2, -0.15) is 4.98 Å². The number of halogens is 1. The fraction of sp³-hybridized carbons (Fsp3) is 0.500. The van der Waals surface area contributed by atoms with Gasteiger partial charge in [-0.1, -0.05) is 12.7 Å². The van der Waals surface area contributed by atoms with Crippen LogP contribution in [0.4, 0.5) is 10.2 Å². The van der Waals surface area contributed by atoms with Crippen molar-refractivity contribution in [1.82, 2.24) is 9.55 Å². The lowest BCUT2D eigenvalue weighted by Crippen LogP contribution is -2.48. The van der Waals surface area contributed by atoms with E-state index in [2.05, 4.69) is 11.6 Å². The minimum absolute atomic E-state index is 0.0572. The molecule has 1 aliphatic heterocycles. The van der Waals surface area contributed by atoms with Gasteiger partial charge in [0.15, 0.2) is 11.8 Å². The van der Waals surface area contributed by atoms with Crippen LogP contribution in [0.1, 0.15) is 11.8 Å². The Bertz CT molecular complexity index is 601. The second kappa shape index (κ2) is 5.53. The first kappa shape index (κ1) is 15.6. The zero-order chi connectivity index (χ0) is 15.8. The number of aliphatic hydroxyl groups is 3. The van der Waals surface area contributed by atoms with Crippen LogP contribution in [-0.4, -0.2) is 56.0 Å². The molecule has 2 rings (SSSR count). The van der Waals surface area contributed by atoms with E-state index in [9.17, 15) is 24.5 Å². The number of aliphatic hydroxyl groups excluding tert-OH is 3. The van der Waals surface area contributed by atoms with Gasteiger partial charge < -0.3 is 25.8 Å². The molecule has 1 fully saturated rings. The van der Waals surface area contributed by atoms with Crippen molar-refractivity contribution in [3.05, 3.63) is 28.8 Å². The maximum Gasteiger partial charge on any atom is 0.351 e. The van der Waals surface area contributed by atoms with E-state index in [-0.39, 0.29) is 5.82 Å². The number of hydrogen-bond acceptors (Lipinski definition) is 7. The van der Waals surface area contributed by atoms with Gasteiger partial charge in [-0.3, -0.25) is 4.57 Å². The highest BCUT2D eigenvalue weighted by atomic mass is 19.1. The van der Waals surface area contributed by atoms with Gasteiger partial charge in [-0.05, 0) is 0 Å². The Morgan fingerprint density at radius 1 is 1.62 bits per heavy atom. The van der Waals surface area contributed by atoms with Crippen molar-refractivity contribution in [2.75, 3.05) is 19.0 Å². The third-order valence-electron chi connectivity index (χ3n) is 3.51. The van der Waals surface area contributed by atoms with Crippen LogP contribution < -0.4 is 11.4 Å². The van der Waals surface area contributed by atoms with E-state index in [0.29, 0.717) is 5.56 Å². The molecule has 9 heteroatoms. The second-order valence-electron chi connectivity index (χ2n) is 4.78. The quantitative estimate of drug-likeness (QED) is 0.528.